The molecule has 0 bridgehead atoms. The van der Waals surface area contributed by atoms with E-state index in [1.165, 1.54) is 0 Å². The third kappa shape index (κ3) is 3.40. The zero-order valence-corrected chi connectivity index (χ0v) is 13.5. The van der Waals surface area contributed by atoms with Gasteiger partial charge in [-0.15, -0.1) is 0 Å². The van der Waals surface area contributed by atoms with E-state index in [-0.39, 0.29) is 17.0 Å². The molecule has 0 aliphatic heterocycles. The molecule has 0 fully saturated rings. The fraction of sp³-hybridized carbons (Fsp3) is 0. The Morgan fingerprint density at radius 3 is 2.38 bits per heavy atom. The van der Waals surface area contributed by atoms with Gasteiger partial charge in [-0.1, -0.05) is 6.07 Å². The quantitative estimate of drug-likeness (QED) is 0.583. The van der Waals surface area contributed by atoms with Crippen molar-refractivity contribution in [1.29, 1.82) is 0 Å². The Morgan fingerprint density at radius 1 is 1.19 bits per heavy atom. The van der Waals surface area contributed by atoms with E-state index >= 15 is 0 Å². The Morgan fingerprint density at radius 2 is 1.81 bits per heavy atom. The number of phenols is 1. The SMILES string of the molecule is O=C(Nc1c(Br)cccc1Br)c1cc(O)ccc1[N+](=O)[O-]. The number of halogens is 2. The van der Waals surface area contributed by atoms with Crippen LogP contribution in [0.3, 0.4) is 0 Å². The molecule has 2 aromatic carbocycles. The van der Waals surface area contributed by atoms with Gasteiger partial charge in [0.1, 0.15) is 11.3 Å². The van der Waals surface area contributed by atoms with Crippen molar-refractivity contribution in [3.63, 3.8) is 0 Å². The number of phenolic OH excluding ortho intramolecular Hbond substituents is 1. The number of hydrogen-bond donors (Lipinski definition) is 2. The van der Waals surface area contributed by atoms with Gasteiger partial charge in [-0.05, 0) is 56.1 Å². The first-order valence-electron chi connectivity index (χ1n) is 5.63. The molecule has 0 aliphatic rings. The molecule has 0 unspecified atom stereocenters. The average molecular weight is 416 g/mol. The summed E-state index contributed by atoms with van der Waals surface area (Å²) < 4.78 is 1.24. The highest BCUT2D eigenvalue weighted by molar-refractivity contribution is 9.11. The molecule has 0 atom stereocenters. The van der Waals surface area contributed by atoms with Crippen LogP contribution in [-0.2, 0) is 0 Å². The van der Waals surface area contributed by atoms with Crippen molar-refractivity contribution >= 4 is 49.1 Å². The summed E-state index contributed by atoms with van der Waals surface area (Å²) in [4.78, 5) is 22.5. The summed E-state index contributed by atoms with van der Waals surface area (Å²) in [5.74, 6) is -0.915. The number of nitrogens with zero attached hydrogens (tertiary/aromatic N) is 1. The van der Waals surface area contributed by atoms with E-state index in [4.69, 9.17) is 0 Å². The molecule has 2 aromatic rings. The van der Waals surface area contributed by atoms with Crippen LogP contribution in [0.5, 0.6) is 5.75 Å². The van der Waals surface area contributed by atoms with Crippen LogP contribution in [0.2, 0.25) is 0 Å². The lowest BCUT2D eigenvalue weighted by Gasteiger charge is -2.10. The molecule has 6 nitrogen and oxygen atoms in total. The molecule has 1 amide bonds. The van der Waals surface area contributed by atoms with Crippen LogP contribution in [0.1, 0.15) is 10.4 Å². The van der Waals surface area contributed by atoms with Gasteiger partial charge in [-0.3, -0.25) is 14.9 Å². The lowest BCUT2D eigenvalue weighted by Crippen LogP contribution is -2.14. The van der Waals surface area contributed by atoms with Crippen LogP contribution in [0.15, 0.2) is 45.3 Å². The summed E-state index contributed by atoms with van der Waals surface area (Å²) in [6.07, 6.45) is 0. The lowest BCUT2D eigenvalue weighted by atomic mass is 10.1. The number of para-hydroxylation sites is 1. The van der Waals surface area contributed by atoms with E-state index in [2.05, 4.69) is 37.2 Å². The molecular weight excluding hydrogens is 408 g/mol. The maximum atomic E-state index is 12.2. The number of aromatic hydroxyl groups is 1. The van der Waals surface area contributed by atoms with Gasteiger partial charge in [-0.2, -0.15) is 0 Å². The maximum Gasteiger partial charge on any atom is 0.282 e. The standard InChI is InChI=1S/C13H8Br2N2O4/c14-9-2-1-3-10(15)12(9)16-13(19)8-6-7(18)4-5-11(8)17(20)21/h1-6,18H,(H,16,19). The first kappa shape index (κ1) is 15.5. The van der Waals surface area contributed by atoms with Crippen LogP contribution in [0, 0.1) is 10.1 Å². The summed E-state index contributed by atoms with van der Waals surface area (Å²) in [5, 5.41) is 22.9. The van der Waals surface area contributed by atoms with E-state index in [1.807, 2.05) is 0 Å². The fourth-order valence-electron chi connectivity index (χ4n) is 1.66. The number of anilines is 1. The molecule has 0 heterocycles. The van der Waals surface area contributed by atoms with Gasteiger partial charge in [0.15, 0.2) is 0 Å². The van der Waals surface area contributed by atoms with Crippen molar-refractivity contribution in [2.45, 2.75) is 0 Å². The smallest absolute Gasteiger partial charge is 0.282 e. The van der Waals surface area contributed by atoms with Crippen molar-refractivity contribution < 1.29 is 14.8 Å². The van der Waals surface area contributed by atoms with Crippen LogP contribution < -0.4 is 5.32 Å². The zero-order chi connectivity index (χ0) is 15.6. The van der Waals surface area contributed by atoms with Crippen molar-refractivity contribution in [1.82, 2.24) is 0 Å². The summed E-state index contributed by atoms with van der Waals surface area (Å²) in [5.41, 5.74) is -0.156. The van der Waals surface area contributed by atoms with Crippen LogP contribution in [-0.4, -0.2) is 15.9 Å². The number of nitrogens with one attached hydrogen (secondary N) is 1. The number of amides is 1. The van der Waals surface area contributed by atoms with Crippen LogP contribution >= 0.6 is 31.9 Å². The number of nitro benzene ring substituents is 1. The van der Waals surface area contributed by atoms with E-state index < -0.39 is 10.8 Å². The summed E-state index contributed by atoms with van der Waals surface area (Å²) in [6.45, 7) is 0. The Labute approximate surface area is 136 Å². The molecule has 0 spiro atoms. The molecular formula is C13H8Br2N2O4. The minimum atomic E-state index is -0.690. The number of hydrogen-bond acceptors (Lipinski definition) is 4. The third-order valence-corrected chi connectivity index (χ3v) is 3.94. The summed E-state index contributed by atoms with van der Waals surface area (Å²) in [7, 11) is 0. The van der Waals surface area contributed by atoms with Gasteiger partial charge in [0.05, 0.1) is 10.6 Å². The highest BCUT2D eigenvalue weighted by atomic mass is 79.9. The van der Waals surface area contributed by atoms with E-state index in [0.717, 1.165) is 18.2 Å². The van der Waals surface area contributed by atoms with Crippen molar-refractivity contribution in [3.8, 4) is 5.75 Å². The van der Waals surface area contributed by atoms with Gasteiger partial charge < -0.3 is 10.4 Å². The lowest BCUT2D eigenvalue weighted by molar-refractivity contribution is -0.385. The van der Waals surface area contributed by atoms with Gasteiger partial charge in [-0.25, -0.2) is 0 Å². The summed E-state index contributed by atoms with van der Waals surface area (Å²) >= 11 is 6.56. The molecule has 0 aliphatic carbocycles. The van der Waals surface area contributed by atoms with Crippen molar-refractivity contribution in [2.75, 3.05) is 5.32 Å². The molecule has 8 heteroatoms. The van der Waals surface area contributed by atoms with E-state index in [9.17, 15) is 20.0 Å². The van der Waals surface area contributed by atoms with E-state index in [1.54, 1.807) is 18.2 Å². The number of nitro groups is 1. The molecule has 0 aromatic heterocycles. The normalized spacial score (nSPS) is 10.2. The predicted octanol–water partition coefficient (Wildman–Crippen LogP) is 4.08. The minimum Gasteiger partial charge on any atom is -0.508 e. The average Bonchev–Trinajstić information content (AvgIpc) is 2.42. The largest absolute Gasteiger partial charge is 0.508 e. The molecule has 0 radical (unpaired) electrons. The summed E-state index contributed by atoms with van der Waals surface area (Å²) in [6, 6.07) is 8.50. The number of carbonyl (C=O) groups is 1. The number of carbonyl (C=O) groups excluding carboxylic acids is 1. The highest BCUT2D eigenvalue weighted by Crippen LogP contribution is 2.32. The highest BCUT2D eigenvalue weighted by Gasteiger charge is 2.22. The Bertz CT molecular complexity index is 714. The molecule has 2 rings (SSSR count). The van der Waals surface area contributed by atoms with E-state index in [0.29, 0.717) is 14.6 Å². The Balaban J connectivity index is 2.41. The van der Waals surface area contributed by atoms with Gasteiger partial charge >= 0.3 is 0 Å². The fourth-order valence-corrected chi connectivity index (χ4v) is 2.86. The predicted molar refractivity (Wildman–Crippen MR) is 84.6 cm³/mol. The second-order valence-corrected chi connectivity index (χ2v) is 5.72. The first-order valence-corrected chi connectivity index (χ1v) is 7.21. The van der Waals surface area contributed by atoms with Crippen LogP contribution in [0.25, 0.3) is 0 Å². The number of benzene rings is 2. The topological polar surface area (TPSA) is 92.5 Å². The first-order chi connectivity index (χ1) is 9.90. The maximum absolute atomic E-state index is 12.2. The molecule has 0 saturated carbocycles. The van der Waals surface area contributed by atoms with Gasteiger partial charge in [0.2, 0.25) is 0 Å². The minimum absolute atomic E-state index is 0.220. The molecule has 2 N–H and O–H groups in total. The molecule has 108 valence electrons. The van der Waals surface area contributed by atoms with Gasteiger partial charge in [0.25, 0.3) is 11.6 Å². The monoisotopic (exact) mass is 414 g/mol. The molecule has 0 saturated heterocycles. The number of rotatable bonds is 3. The Kier molecular flexibility index (Phi) is 4.59. The van der Waals surface area contributed by atoms with Crippen LogP contribution in [0.4, 0.5) is 11.4 Å². The van der Waals surface area contributed by atoms with Gasteiger partial charge in [0, 0.05) is 15.0 Å². The second kappa shape index (κ2) is 6.23. The molecule has 21 heavy (non-hydrogen) atoms. The second-order valence-electron chi connectivity index (χ2n) is 4.01. The zero-order valence-electron chi connectivity index (χ0n) is 10.3. The van der Waals surface area contributed by atoms with Crippen molar-refractivity contribution in [3.05, 3.63) is 61.0 Å². The van der Waals surface area contributed by atoms with Crippen molar-refractivity contribution in [2.24, 2.45) is 0 Å². The Hall–Kier alpha value is -1.93. The third-order valence-electron chi connectivity index (χ3n) is 2.62.